The van der Waals surface area contributed by atoms with Gasteiger partial charge in [-0.15, -0.1) is 0 Å². The summed E-state index contributed by atoms with van der Waals surface area (Å²) < 4.78 is 9.72. The molecule has 1 saturated heterocycles. The Morgan fingerprint density at radius 2 is 2.04 bits per heavy atom. The van der Waals surface area contributed by atoms with E-state index in [9.17, 15) is 24.5 Å². The summed E-state index contributed by atoms with van der Waals surface area (Å²) in [5, 5.41) is 15.9. The first kappa shape index (κ1) is 18.2. The van der Waals surface area contributed by atoms with Crippen molar-refractivity contribution >= 4 is 23.7 Å². The summed E-state index contributed by atoms with van der Waals surface area (Å²) in [4.78, 5) is 44.3. The summed E-state index contributed by atoms with van der Waals surface area (Å²) in [6.07, 6.45) is -0.518. The fourth-order valence-corrected chi connectivity index (χ4v) is 2.30. The Morgan fingerprint density at radius 1 is 1.32 bits per heavy atom. The maximum absolute atomic E-state index is 11.8. The van der Waals surface area contributed by atoms with Gasteiger partial charge in [0.1, 0.15) is 12.6 Å². The van der Waals surface area contributed by atoms with Gasteiger partial charge in [-0.1, -0.05) is 12.1 Å². The van der Waals surface area contributed by atoms with Gasteiger partial charge in [0.25, 0.3) is 5.69 Å². The van der Waals surface area contributed by atoms with Gasteiger partial charge in [0, 0.05) is 19.4 Å². The van der Waals surface area contributed by atoms with Crippen molar-refractivity contribution in [3.63, 3.8) is 0 Å². The molecule has 0 aliphatic carbocycles. The molecular formula is C15H17N3O7. The van der Waals surface area contributed by atoms with Crippen LogP contribution in [0.4, 0.5) is 10.5 Å². The molecular weight excluding hydrogens is 334 g/mol. The van der Waals surface area contributed by atoms with E-state index < -0.39 is 23.0 Å². The molecule has 0 spiro atoms. The Labute approximate surface area is 142 Å². The Kier molecular flexibility index (Phi) is 5.88. The van der Waals surface area contributed by atoms with E-state index in [0.29, 0.717) is 6.42 Å². The lowest BCUT2D eigenvalue weighted by Gasteiger charge is -2.36. The number of hydrogen-bond donors (Lipinski definition) is 2. The molecule has 2 N–H and O–H groups in total. The van der Waals surface area contributed by atoms with Crippen molar-refractivity contribution < 1.29 is 28.8 Å². The molecule has 0 radical (unpaired) electrons. The summed E-state index contributed by atoms with van der Waals surface area (Å²) in [7, 11) is 0. The lowest BCUT2D eigenvalue weighted by Crippen LogP contribution is -2.69. The van der Waals surface area contributed by atoms with E-state index in [1.54, 1.807) is 6.07 Å². The molecule has 2 atom stereocenters. The van der Waals surface area contributed by atoms with Crippen LogP contribution in [0.25, 0.3) is 0 Å². The number of alkyl carbamates (subject to hydrolysis) is 1. The van der Waals surface area contributed by atoms with E-state index in [4.69, 9.17) is 9.47 Å². The maximum atomic E-state index is 11.8. The molecule has 1 aliphatic heterocycles. The number of ether oxygens (including phenoxy) is 2. The molecule has 1 fully saturated rings. The van der Waals surface area contributed by atoms with Crippen LogP contribution >= 0.6 is 0 Å². The number of nitrogens with one attached hydrogen (secondary N) is 2. The predicted molar refractivity (Wildman–Crippen MR) is 83.4 cm³/mol. The Balaban J connectivity index is 1.82. The van der Waals surface area contributed by atoms with Crippen molar-refractivity contribution in [3.05, 3.63) is 39.9 Å². The summed E-state index contributed by atoms with van der Waals surface area (Å²) in [5.74, 6) is -0.811. The van der Waals surface area contributed by atoms with Crippen LogP contribution in [-0.4, -0.2) is 41.6 Å². The Morgan fingerprint density at radius 3 is 2.68 bits per heavy atom. The van der Waals surface area contributed by atoms with Crippen LogP contribution in [0.3, 0.4) is 0 Å². The van der Waals surface area contributed by atoms with Crippen LogP contribution in [0, 0.1) is 10.1 Å². The molecule has 1 aromatic rings. The number of nitro groups is 1. The van der Waals surface area contributed by atoms with Crippen LogP contribution in [0.15, 0.2) is 24.3 Å². The van der Waals surface area contributed by atoms with E-state index in [1.807, 2.05) is 0 Å². The van der Waals surface area contributed by atoms with E-state index >= 15 is 0 Å². The fourth-order valence-electron chi connectivity index (χ4n) is 2.30. The molecule has 2 rings (SSSR count). The van der Waals surface area contributed by atoms with E-state index in [1.165, 1.54) is 25.1 Å². The first-order chi connectivity index (χ1) is 11.9. The van der Waals surface area contributed by atoms with Gasteiger partial charge < -0.3 is 20.1 Å². The van der Waals surface area contributed by atoms with Crippen LogP contribution < -0.4 is 10.6 Å². The van der Waals surface area contributed by atoms with Gasteiger partial charge in [0.05, 0.1) is 23.1 Å². The van der Waals surface area contributed by atoms with Gasteiger partial charge >= 0.3 is 12.1 Å². The molecule has 1 aromatic carbocycles. The molecule has 25 heavy (non-hydrogen) atoms. The highest BCUT2D eigenvalue weighted by Gasteiger charge is 2.40. The van der Waals surface area contributed by atoms with E-state index in [2.05, 4.69) is 10.6 Å². The Bertz CT molecular complexity index is 691. The molecule has 1 aliphatic rings. The number of para-hydroxylation sites is 1. The highest BCUT2D eigenvalue weighted by Crippen LogP contribution is 2.18. The SMILES string of the molecule is CC(=O)OCC[C@@H]1NC(=O)[C@H]1NC(=O)OCc1ccccc1[N+](=O)[O-]. The van der Waals surface area contributed by atoms with Gasteiger partial charge in [0.15, 0.2) is 0 Å². The van der Waals surface area contributed by atoms with Crippen molar-refractivity contribution in [2.75, 3.05) is 6.61 Å². The van der Waals surface area contributed by atoms with Crippen LogP contribution in [0.2, 0.25) is 0 Å². The smallest absolute Gasteiger partial charge is 0.408 e. The number of benzene rings is 1. The fraction of sp³-hybridized carbons (Fsp3) is 0.400. The first-order valence-corrected chi connectivity index (χ1v) is 7.48. The van der Waals surface area contributed by atoms with Crippen LogP contribution in [0.1, 0.15) is 18.9 Å². The standard InChI is InChI=1S/C15H17N3O7/c1-9(19)24-7-6-11-13(14(20)16-11)17-15(21)25-8-10-4-2-3-5-12(10)18(22)23/h2-5,11,13H,6-8H2,1H3,(H,16,20)(H,17,21)/t11-,13-/m0/s1. The summed E-state index contributed by atoms with van der Waals surface area (Å²) in [6, 6.07) is 4.71. The molecule has 10 heteroatoms. The molecule has 1 heterocycles. The van der Waals surface area contributed by atoms with E-state index in [0.717, 1.165) is 0 Å². The first-order valence-electron chi connectivity index (χ1n) is 7.48. The average Bonchev–Trinajstić information content (AvgIpc) is 2.57. The number of carbonyl (C=O) groups is 3. The maximum Gasteiger partial charge on any atom is 0.408 e. The summed E-state index contributed by atoms with van der Waals surface area (Å²) in [6.45, 7) is 1.09. The molecule has 0 saturated carbocycles. The number of β-lactam (4-membered cyclic amide) rings is 1. The second-order valence-corrected chi connectivity index (χ2v) is 5.33. The molecule has 134 valence electrons. The minimum atomic E-state index is -0.865. The van der Waals surface area contributed by atoms with Gasteiger partial charge in [-0.05, 0) is 6.07 Å². The molecule has 10 nitrogen and oxygen atoms in total. The minimum Gasteiger partial charge on any atom is -0.466 e. The normalized spacial score (nSPS) is 18.5. The van der Waals surface area contributed by atoms with E-state index in [-0.39, 0.29) is 36.4 Å². The van der Waals surface area contributed by atoms with Gasteiger partial charge in [-0.3, -0.25) is 19.7 Å². The Hall–Kier alpha value is -3.17. The number of carbonyl (C=O) groups excluding carboxylic acids is 3. The number of esters is 1. The summed E-state index contributed by atoms with van der Waals surface area (Å²) >= 11 is 0. The second kappa shape index (κ2) is 8.08. The average molecular weight is 351 g/mol. The number of amides is 2. The quantitative estimate of drug-likeness (QED) is 0.318. The second-order valence-electron chi connectivity index (χ2n) is 5.33. The highest BCUT2D eigenvalue weighted by molar-refractivity contribution is 5.92. The van der Waals surface area contributed by atoms with Gasteiger partial charge in [-0.25, -0.2) is 4.79 Å². The van der Waals surface area contributed by atoms with Crippen molar-refractivity contribution in [3.8, 4) is 0 Å². The molecule has 2 amide bonds. The molecule has 0 aromatic heterocycles. The number of rotatable bonds is 7. The zero-order valence-electron chi connectivity index (χ0n) is 13.4. The van der Waals surface area contributed by atoms with Crippen molar-refractivity contribution in [1.29, 1.82) is 0 Å². The monoisotopic (exact) mass is 351 g/mol. The highest BCUT2D eigenvalue weighted by atomic mass is 16.6. The third-order valence-corrected chi connectivity index (χ3v) is 3.57. The van der Waals surface area contributed by atoms with Gasteiger partial charge in [0.2, 0.25) is 5.91 Å². The molecule has 0 unspecified atom stereocenters. The van der Waals surface area contributed by atoms with Crippen molar-refractivity contribution in [1.82, 2.24) is 10.6 Å². The topological polar surface area (TPSA) is 137 Å². The lowest BCUT2D eigenvalue weighted by atomic mass is 9.96. The zero-order valence-corrected chi connectivity index (χ0v) is 13.4. The predicted octanol–water partition coefficient (Wildman–Crippen LogP) is 0.641. The number of hydrogen-bond acceptors (Lipinski definition) is 7. The van der Waals surface area contributed by atoms with Crippen LogP contribution in [0.5, 0.6) is 0 Å². The number of nitrogens with zero attached hydrogens (tertiary/aromatic N) is 1. The zero-order chi connectivity index (χ0) is 18.4. The molecule has 0 bridgehead atoms. The van der Waals surface area contributed by atoms with Gasteiger partial charge in [-0.2, -0.15) is 0 Å². The van der Waals surface area contributed by atoms with Crippen LogP contribution in [-0.2, 0) is 25.7 Å². The number of nitro benzene ring substituents is 1. The minimum absolute atomic E-state index is 0.115. The third kappa shape index (κ3) is 4.90. The largest absolute Gasteiger partial charge is 0.466 e. The van der Waals surface area contributed by atoms with Crippen molar-refractivity contribution in [2.24, 2.45) is 0 Å². The lowest BCUT2D eigenvalue weighted by molar-refractivity contribution is -0.385. The summed E-state index contributed by atoms with van der Waals surface area (Å²) in [5.41, 5.74) is 0.0862. The third-order valence-electron chi connectivity index (χ3n) is 3.57. The van der Waals surface area contributed by atoms with Crippen molar-refractivity contribution in [2.45, 2.75) is 32.0 Å².